The minimum Gasteiger partial charge on any atom is -0.508 e. The van der Waals surface area contributed by atoms with Crippen LogP contribution in [0.4, 0.5) is 17.6 Å². The van der Waals surface area contributed by atoms with E-state index >= 15 is 0 Å². The maximum Gasteiger partial charge on any atom is 0.417 e. The number of benzene rings is 2. The van der Waals surface area contributed by atoms with E-state index in [0.29, 0.717) is 10.9 Å². The lowest BCUT2D eigenvalue weighted by Gasteiger charge is -2.38. The van der Waals surface area contributed by atoms with Gasteiger partial charge in [0, 0.05) is 23.2 Å². The molecule has 32 heavy (non-hydrogen) atoms. The van der Waals surface area contributed by atoms with E-state index in [1.165, 1.54) is 39.2 Å². The number of carbonyl (C=O) groups is 1. The van der Waals surface area contributed by atoms with E-state index < -0.39 is 41.8 Å². The Kier molecular flexibility index (Phi) is 5.99. The largest absolute Gasteiger partial charge is 0.508 e. The molecule has 2 aromatic carbocycles. The lowest BCUT2D eigenvalue weighted by atomic mass is 9.73. The second kappa shape index (κ2) is 8.12. The van der Waals surface area contributed by atoms with E-state index in [1.807, 2.05) is 0 Å². The van der Waals surface area contributed by atoms with Gasteiger partial charge in [-0.15, -0.1) is 0 Å². The fraction of sp³-hybridized carbons (Fsp3) is 0.348. The molecule has 9 heteroatoms. The van der Waals surface area contributed by atoms with Crippen LogP contribution in [0, 0.1) is 5.82 Å². The van der Waals surface area contributed by atoms with E-state index in [4.69, 9.17) is 0 Å². The molecule has 0 saturated heterocycles. The molecule has 0 aliphatic heterocycles. The van der Waals surface area contributed by atoms with Gasteiger partial charge in [-0.05, 0) is 53.6 Å². The zero-order valence-corrected chi connectivity index (χ0v) is 17.7. The summed E-state index contributed by atoms with van der Waals surface area (Å²) in [4.78, 5) is 14.5. The minimum absolute atomic E-state index is 0.0421. The number of aromatic amines is 1. The first-order valence-corrected chi connectivity index (χ1v) is 9.74. The van der Waals surface area contributed by atoms with Crippen molar-refractivity contribution in [3.05, 3.63) is 65.1 Å². The predicted octanol–water partition coefficient (Wildman–Crippen LogP) is 5.00. The SMILES string of the molecule is COC(=O)c1ccc2cc(CC(O)(CC(C)(C)c3cc(F)ccc3O)C(F)(F)F)[nH]c2c1. The van der Waals surface area contributed by atoms with Crippen molar-refractivity contribution in [3.8, 4) is 5.75 Å². The first-order valence-electron chi connectivity index (χ1n) is 9.74. The first-order chi connectivity index (χ1) is 14.8. The Morgan fingerprint density at radius 2 is 1.78 bits per heavy atom. The third-order valence-corrected chi connectivity index (χ3v) is 5.53. The van der Waals surface area contributed by atoms with Crippen LogP contribution in [0.1, 0.15) is 41.9 Å². The number of nitrogens with one attached hydrogen (secondary N) is 1. The van der Waals surface area contributed by atoms with Crippen molar-refractivity contribution in [2.75, 3.05) is 7.11 Å². The summed E-state index contributed by atoms with van der Waals surface area (Å²) in [6, 6.07) is 8.98. The van der Waals surface area contributed by atoms with Crippen LogP contribution in [0.25, 0.3) is 10.9 Å². The highest BCUT2D eigenvalue weighted by molar-refractivity contribution is 5.94. The van der Waals surface area contributed by atoms with E-state index in [-0.39, 0.29) is 22.6 Å². The maximum absolute atomic E-state index is 14.0. The molecule has 0 saturated carbocycles. The molecule has 1 unspecified atom stereocenters. The second-order valence-electron chi connectivity index (χ2n) is 8.52. The summed E-state index contributed by atoms with van der Waals surface area (Å²) < 4.78 is 60.4. The molecule has 3 aromatic rings. The summed E-state index contributed by atoms with van der Waals surface area (Å²) in [5.41, 5.74) is -3.90. The predicted molar refractivity (Wildman–Crippen MR) is 110 cm³/mol. The molecule has 0 radical (unpaired) electrons. The van der Waals surface area contributed by atoms with Gasteiger partial charge in [0.25, 0.3) is 0 Å². The van der Waals surface area contributed by atoms with Crippen LogP contribution in [-0.4, -0.2) is 40.1 Å². The average molecular weight is 453 g/mol. The van der Waals surface area contributed by atoms with Gasteiger partial charge in [-0.3, -0.25) is 0 Å². The number of hydrogen-bond acceptors (Lipinski definition) is 4. The quantitative estimate of drug-likeness (QED) is 0.362. The number of methoxy groups -OCH3 is 1. The van der Waals surface area contributed by atoms with Gasteiger partial charge in [0.05, 0.1) is 12.7 Å². The second-order valence-corrected chi connectivity index (χ2v) is 8.52. The van der Waals surface area contributed by atoms with Gasteiger partial charge in [0.1, 0.15) is 11.6 Å². The molecule has 0 aliphatic rings. The fourth-order valence-electron chi connectivity index (χ4n) is 3.98. The number of ether oxygens (including phenoxy) is 1. The Morgan fingerprint density at radius 1 is 1.09 bits per heavy atom. The van der Waals surface area contributed by atoms with Crippen molar-refractivity contribution in [3.63, 3.8) is 0 Å². The lowest BCUT2D eigenvalue weighted by molar-refractivity contribution is -0.266. The van der Waals surface area contributed by atoms with Gasteiger partial charge in [0.15, 0.2) is 5.60 Å². The smallest absolute Gasteiger partial charge is 0.417 e. The van der Waals surface area contributed by atoms with E-state index in [0.717, 1.165) is 18.2 Å². The Balaban J connectivity index is 1.97. The topological polar surface area (TPSA) is 82.6 Å². The van der Waals surface area contributed by atoms with Crippen molar-refractivity contribution in [1.82, 2.24) is 4.98 Å². The molecule has 1 heterocycles. The molecule has 0 fully saturated rings. The van der Waals surface area contributed by atoms with Crippen LogP contribution >= 0.6 is 0 Å². The highest BCUT2D eigenvalue weighted by Crippen LogP contribution is 2.45. The number of esters is 1. The number of alkyl halides is 3. The molecule has 1 aromatic heterocycles. The molecule has 0 aliphatic carbocycles. The fourth-order valence-corrected chi connectivity index (χ4v) is 3.98. The Labute approximate surface area is 181 Å². The Hall–Kier alpha value is -3.07. The summed E-state index contributed by atoms with van der Waals surface area (Å²) in [7, 11) is 1.22. The molecule has 5 nitrogen and oxygen atoms in total. The van der Waals surface area contributed by atoms with E-state index in [9.17, 15) is 32.6 Å². The van der Waals surface area contributed by atoms with Crippen molar-refractivity contribution >= 4 is 16.9 Å². The summed E-state index contributed by atoms with van der Waals surface area (Å²) >= 11 is 0. The molecular formula is C23H23F4NO4. The molecular weight excluding hydrogens is 430 g/mol. The standard InChI is InChI=1S/C23H23F4NO4/c1-21(2,17-10-15(24)6-7-19(17)29)12-22(31,23(25,26)27)11-16-8-13-4-5-14(20(30)32-3)9-18(13)28-16/h4-10,28-29,31H,11-12H2,1-3H3. The zero-order valence-electron chi connectivity index (χ0n) is 17.7. The molecule has 172 valence electrons. The van der Waals surface area contributed by atoms with Crippen LogP contribution in [0.5, 0.6) is 5.75 Å². The average Bonchev–Trinajstić information content (AvgIpc) is 3.08. The van der Waals surface area contributed by atoms with Crippen LogP contribution < -0.4 is 0 Å². The number of carbonyl (C=O) groups excluding carboxylic acids is 1. The van der Waals surface area contributed by atoms with E-state index in [1.54, 1.807) is 6.07 Å². The van der Waals surface area contributed by atoms with Gasteiger partial charge in [-0.2, -0.15) is 13.2 Å². The third kappa shape index (κ3) is 4.57. The van der Waals surface area contributed by atoms with Gasteiger partial charge in [-0.25, -0.2) is 9.18 Å². The van der Waals surface area contributed by atoms with Gasteiger partial charge in [0.2, 0.25) is 0 Å². The highest BCUT2D eigenvalue weighted by Gasteiger charge is 2.56. The number of fused-ring (bicyclic) bond motifs is 1. The Bertz CT molecular complexity index is 1150. The Morgan fingerprint density at radius 3 is 2.41 bits per heavy atom. The summed E-state index contributed by atoms with van der Waals surface area (Å²) in [6.45, 7) is 2.79. The number of aromatic hydroxyl groups is 1. The summed E-state index contributed by atoms with van der Waals surface area (Å²) in [5, 5.41) is 21.4. The van der Waals surface area contributed by atoms with Crippen LogP contribution in [0.2, 0.25) is 0 Å². The van der Waals surface area contributed by atoms with Crippen molar-refractivity contribution in [2.45, 2.75) is 43.9 Å². The van der Waals surface area contributed by atoms with Crippen LogP contribution in [0.15, 0.2) is 42.5 Å². The number of H-pyrrole nitrogens is 1. The number of rotatable bonds is 6. The molecule has 0 bridgehead atoms. The highest BCUT2D eigenvalue weighted by atomic mass is 19.4. The number of phenolic OH excluding ortho intramolecular Hbond substituents is 1. The summed E-state index contributed by atoms with van der Waals surface area (Å²) in [6.07, 6.45) is -6.65. The number of hydrogen-bond donors (Lipinski definition) is 3. The number of phenols is 1. The molecule has 0 amide bonds. The molecule has 3 rings (SSSR count). The summed E-state index contributed by atoms with van der Waals surface area (Å²) in [5.74, 6) is -1.66. The zero-order chi connectivity index (χ0) is 23.9. The lowest BCUT2D eigenvalue weighted by Crippen LogP contribution is -2.50. The van der Waals surface area contributed by atoms with Crippen molar-refractivity contribution in [1.29, 1.82) is 0 Å². The molecule has 1 atom stereocenters. The van der Waals surface area contributed by atoms with Crippen molar-refractivity contribution in [2.24, 2.45) is 0 Å². The minimum atomic E-state index is -5.01. The van der Waals surface area contributed by atoms with Gasteiger partial charge < -0.3 is 19.9 Å². The number of halogens is 4. The van der Waals surface area contributed by atoms with Gasteiger partial charge in [-0.1, -0.05) is 19.9 Å². The van der Waals surface area contributed by atoms with Crippen molar-refractivity contribution < 1.29 is 37.3 Å². The first kappa shape index (κ1) is 23.6. The van der Waals surface area contributed by atoms with Crippen LogP contribution in [0.3, 0.4) is 0 Å². The number of aliphatic hydroxyl groups is 1. The van der Waals surface area contributed by atoms with Crippen LogP contribution in [-0.2, 0) is 16.6 Å². The normalized spacial score (nSPS) is 14.4. The molecule has 0 spiro atoms. The van der Waals surface area contributed by atoms with E-state index in [2.05, 4.69) is 9.72 Å². The third-order valence-electron chi connectivity index (χ3n) is 5.53. The monoisotopic (exact) mass is 453 g/mol. The number of aromatic nitrogens is 1. The molecule has 3 N–H and O–H groups in total. The van der Waals surface area contributed by atoms with Gasteiger partial charge >= 0.3 is 12.1 Å². The maximum atomic E-state index is 14.0.